The number of carbonyl (C=O) groups excluding carboxylic acids is 1. The minimum absolute atomic E-state index is 0.298. The van der Waals surface area contributed by atoms with Crippen LogP contribution in [-0.2, 0) is 0 Å². The van der Waals surface area contributed by atoms with Crippen molar-refractivity contribution < 1.29 is 15.0 Å². The maximum Gasteiger partial charge on any atom is 0.328 e. The molecule has 0 aromatic rings. The lowest BCUT2D eigenvalue weighted by Gasteiger charge is -2.31. The first-order valence-corrected chi connectivity index (χ1v) is 4.74. The van der Waals surface area contributed by atoms with Crippen molar-refractivity contribution >= 4 is 18.8 Å². The van der Waals surface area contributed by atoms with Crippen LogP contribution in [0.25, 0.3) is 0 Å². The molecule has 0 atom stereocenters. The van der Waals surface area contributed by atoms with Gasteiger partial charge in [0, 0.05) is 5.54 Å². The molecule has 0 aliphatic rings. The molecule has 0 aliphatic carbocycles. The molecule has 84 valence electrons. The van der Waals surface area contributed by atoms with Crippen molar-refractivity contribution in [2.24, 2.45) is 0 Å². The summed E-state index contributed by atoms with van der Waals surface area (Å²) >= 11 is 4.02. The average Bonchev–Trinajstić information content (AvgIpc) is 2.11. The molecular formula is C8H18N2O3S. The fourth-order valence-electron chi connectivity index (χ4n) is 0.689. The number of aliphatic hydroxyl groups excluding tert-OH is 2. The maximum absolute atomic E-state index is 11.4. The molecule has 0 fully saturated rings. The Balaban J connectivity index is 4.21. The standard InChI is InChI=1S/C8H18N2O3S/c1-8(2,3)10(14)7(13)9-6(4-11)5-12/h6,11-12,14H,4-5H2,1-3H3,(H,9,13). The number of carbonyl (C=O) groups is 1. The van der Waals surface area contributed by atoms with Gasteiger partial charge in [-0.05, 0) is 20.8 Å². The van der Waals surface area contributed by atoms with Crippen LogP contribution in [0.3, 0.4) is 0 Å². The van der Waals surface area contributed by atoms with E-state index in [4.69, 9.17) is 10.2 Å². The predicted octanol–water partition coefficient (Wildman–Crippen LogP) is -0.00550. The molecule has 6 heteroatoms. The Morgan fingerprint density at radius 2 is 1.86 bits per heavy atom. The van der Waals surface area contributed by atoms with Crippen LogP contribution in [-0.4, -0.2) is 45.3 Å². The quantitative estimate of drug-likeness (QED) is 0.508. The molecule has 0 aliphatic heterocycles. The van der Waals surface area contributed by atoms with Crippen molar-refractivity contribution in [3.63, 3.8) is 0 Å². The topological polar surface area (TPSA) is 72.8 Å². The SMILES string of the molecule is CC(C)(C)N(S)C(=O)NC(CO)CO. The second kappa shape index (κ2) is 5.43. The largest absolute Gasteiger partial charge is 0.394 e. The molecule has 0 spiro atoms. The van der Waals surface area contributed by atoms with E-state index >= 15 is 0 Å². The number of aliphatic hydroxyl groups is 2. The molecule has 0 saturated heterocycles. The Morgan fingerprint density at radius 1 is 1.43 bits per heavy atom. The van der Waals surface area contributed by atoms with Crippen LogP contribution in [0.1, 0.15) is 20.8 Å². The second-order valence-electron chi connectivity index (χ2n) is 3.99. The molecule has 0 aromatic carbocycles. The summed E-state index contributed by atoms with van der Waals surface area (Å²) in [6.45, 7) is 4.88. The molecule has 0 aromatic heterocycles. The zero-order valence-corrected chi connectivity index (χ0v) is 9.58. The van der Waals surface area contributed by atoms with E-state index in [-0.39, 0.29) is 13.2 Å². The predicted molar refractivity (Wildman–Crippen MR) is 57.1 cm³/mol. The first-order valence-electron chi connectivity index (χ1n) is 4.34. The first kappa shape index (κ1) is 13.5. The normalized spacial score (nSPS) is 11.6. The minimum Gasteiger partial charge on any atom is -0.394 e. The van der Waals surface area contributed by atoms with Gasteiger partial charge in [0.05, 0.1) is 19.3 Å². The summed E-state index contributed by atoms with van der Waals surface area (Å²) in [5, 5.41) is 19.9. The van der Waals surface area contributed by atoms with Crippen LogP contribution in [0.4, 0.5) is 4.79 Å². The maximum atomic E-state index is 11.4. The summed E-state index contributed by atoms with van der Waals surface area (Å²) < 4.78 is 1.21. The molecule has 0 radical (unpaired) electrons. The summed E-state index contributed by atoms with van der Waals surface area (Å²) in [5.74, 6) is 0. The lowest BCUT2D eigenvalue weighted by Crippen LogP contribution is -2.50. The Kier molecular flexibility index (Phi) is 5.25. The van der Waals surface area contributed by atoms with Crippen LogP contribution >= 0.6 is 12.8 Å². The van der Waals surface area contributed by atoms with Gasteiger partial charge >= 0.3 is 6.03 Å². The van der Waals surface area contributed by atoms with Crippen LogP contribution in [0, 0.1) is 0 Å². The number of nitrogens with zero attached hydrogens (tertiary/aromatic N) is 1. The highest BCUT2D eigenvalue weighted by molar-refractivity contribution is 7.78. The molecule has 0 unspecified atom stereocenters. The van der Waals surface area contributed by atoms with Gasteiger partial charge in [-0.15, -0.1) is 0 Å². The Morgan fingerprint density at radius 3 is 2.14 bits per heavy atom. The number of nitrogens with one attached hydrogen (secondary N) is 1. The van der Waals surface area contributed by atoms with E-state index in [9.17, 15) is 4.79 Å². The number of rotatable bonds is 3. The Bertz CT molecular complexity index is 190. The molecular weight excluding hydrogens is 204 g/mol. The number of hydrogen-bond donors (Lipinski definition) is 4. The van der Waals surface area contributed by atoms with E-state index in [2.05, 4.69) is 18.1 Å². The fourth-order valence-corrected chi connectivity index (χ4v) is 0.747. The van der Waals surface area contributed by atoms with Crippen LogP contribution in [0.15, 0.2) is 0 Å². The van der Waals surface area contributed by atoms with Crippen molar-refractivity contribution in [3.8, 4) is 0 Å². The Hall–Kier alpha value is -0.460. The van der Waals surface area contributed by atoms with Gasteiger partial charge in [0.1, 0.15) is 0 Å². The van der Waals surface area contributed by atoms with Crippen molar-refractivity contribution in [3.05, 3.63) is 0 Å². The van der Waals surface area contributed by atoms with Crippen molar-refractivity contribution in [2.45, 2.75) is 32.4 Å². The van der Waals surface area contributed by atoms with Gasteiger partial charge in [-0.2, -0.15) is 0 Å². The molecule has 0 bridgehead atoms. The molecule has 0 saturated carbocycles. The number of thiol groups is 1. The summed E-state index contributed by atoms with van der Waals surface area (Å²) in [4.78, 5) is 11.4. The summed E-state index contributed by atoms with van der Waals surface area (Å²) in [7, 11) is 0. The lowest BCUT2D eigenvalue weighted by atomic mass is 10.1. The van der Waals surface area contributed by atoms with Gasteiger partial charge in [0.2, 0.25) is 0 Å². The van der Waals surface area contributed by atoms with Gasteiger partial charge in [0.15, 0.2) is 0 Å². The van der Waals surface area contributed by atoms with Crippen molar-refractivity contribution in [1.82, 2.24) is 9.62 Å². The highest BCUT2D eigenvalue weighted by Gasteiger charge is 2.24. The third-order valence-corrected chi connectivity index (χ3v) is 2.38. The zero-order chi connectivity index (χ0) is 11.4. The van der Waals surface area contributed by atoms with E-state index < -0.39 is 17.6 Å². The van der Waals surface area contributed by atoms with E-state index in [0.29, 0.717) is 0 Å². The summed E-state index contributed by atoms with van der Waals surface area (Å²) in [5.41, 5.74) is -0.414. The van der Waals surface area contributed by atoms with E-state index in [0.717, 1.165) is 0 Å². The lowest BCUT2D eigenvalue weighted by molar-refractivity contribution is 0.156. The number of urea groups is 1. The second-order valence-corrected chi connectivity index (χ2v) is 4.39. The molecule has 0 rings (SSSR count). The van der Waals surface area contributed by atoms with E-state index in [1.54, 1.807) is 0 Å². The van der Waals surface area contributed by atoms with Gasteiger partial charge in [-0.25, -0.2) is 4.79 Å². The molecule has 3 N–H and O–H groups in total. The van der Waals surface area contributed by atoms with Gasteiger partial charge in [-0.1, -0.05) is 12.8 Å². The van der Waals surface area contributed by atoms with Crippen molar-refractivity contribution in [1.29, 1.82) is 0 Å². The third kappa shape index (κ3) is 4.17. The number of hydrogen-bond acceptors (Lipinski definition) is 4. The van der Waals surface area contributed by atoms with Gasteiger partial charge in [-0.3, -0.25) is 4.31 Å². The molecule has 5 nitrogen and oxygen atoms in total. The monoisotopic (exact) mass is 222 g/mol. The third-order valence-electron chi connectivity index (χ3n) is 1.60. The van der Waals surface area contributed by atoms with Gasteiger partial charge < -0.3 is 15.5 Å². The minimum atomic E-state index is -0.639. The van der Waals surface area contributed by atoms with Gasteiger partial charge in [0.25, 0.3) is 0 Å². The van der Waals surface area contributed by atoms with E-state index in [1.807, 2.05) is 20.8 Å². The first-order chi connectivity index (χ1) is 6.32. The zero-order valence-electron chi connectivity index (χ0n) is 8.69. The Labute approximate surface area is 89.6 Å². The van der Waals surface area contributed by atoms with Crippen LogP contribution < -0.4 is 5.32 Å². The number of amides is 2. The molecule has 2 amide bonds. The summed E-state index contributed by atoms with van der Waals surface area (Å²) in [6, 6.07) is -1.08. The average molecular weight is 222 g/mol. The highest BCUT2D eigenvalue weighted by atomic mass is 32.1. The van der Waals surface area contributed by atoms with Crippen LogP contribution in [0.5, 0.6) is 0 Å². The fraction of sp³-hybridized carbons (Fsp3) is 0.875. The highest BCUT2D eigenvalue weighted by Crippen LogP contribution is 2.15. The summed E-state index contributed by atoms with van der Waals surface area (Å²) in [6.07, 6.45) is 0. The van der Waals surface area contributed by atoms with E-state index in [1.165, 1.54) is 4.31 Å². The smallest absolute Gasteiger partial charge is 0.328 e. The van der Waals surface area contributed by atoms with Crippen molar-refractivity contribution in [2.75, 3.05) is 13.2 Å². The molecule has 0 heterocycles. The molecule has 14 heavy (non-hydrogen) atoms. The van der Waals surface area contributed by atoms with Crippen LogP contribution in [0.2, 0.25) is 0 Å².